The smallest absolute Gasteiger partial charge is 0.375 e. The Morgan fingerprint density at radius 1 is 1.09 bits per heavy atom. The van der Waals surface area contributed by atoms with Gasteiger partial charge in [-0.2, -0.15) is 0 Å². The predicted octanol–water partition coefficient (Wildman–Crippen LogP) is 4.05. The fraction of sp³-hybridized carbons (Fsp3) is 0. The summed E-state index contributed by atoms with van der Waals surface area (Å²) in [6.07, 6.45) is 0. The van der Waals surface area contributed by atoms with Gasteiger partial charge in [0.2, 0.25) is 0 Å². The number of aromatic nitrogens is 3. The zero-order chi connectivity index (χ0) is 15.7. The number of carboxylic acid groups (broad SMARTS) is 1. The molecule has 0 fully saturated rings. The lowest BCUT2D eigenvalue weighted by atomic mass is 10.2. The Labute approximate surface area is 139 Å². The number of hydrogen-bond donors (Lipinski definition) is 1. The normalized spacial score (nSPS) is 10.6. The number of benzene rings is 2. The van der Waals surface area contributed by atoms with E-state index >= 15 is 0 Å². The van der Waals surface area contributed by atoms with Gasteiger partial charge >= 0.3 is 5.97 Å². The van der Waals surface area contributed by atoms with Gasteiger partial charge in [-0.25, -0.2) is 14.5 Å². The lowest BCUT2D eigenvalue weighted by molar-refractivity contribution is 0.0683. The molecular formula is C15H9BrClN3O2. The zero-order valence-electron chi connectivity index (χ0n) is 11.1. The van der Waals surface area contributed by atoms with Gasteiger partial charge in [-0.15, -0.1) is 5.10 Å². The number of carbonyl (C=O) groups is 1. The Bertz CT molecular complexity index is 766. The Morgan fingerprint density at radius 3 is 2.32 bits per heavy atom. The van der Waals surface area contributed by atoms with Crippen LogP contribution in [-0.4, -0.2) is 25.8 Å². The van der Waals surface area contributed by atoms with E-state index in [1.807, 2.05) is 24.3 Å². The number of halogens is 2. The van der Waals surface area contributed by atoms with E-state index in [4.69, 9.17) is 16.7 Å². The van der Waals surface area contributed by atoms with Crippen molar-refractivity contribution in [1.29, 1.82) is 0 Å². The summed E-state index contributed by atoms with van der Waals surface area (Å²) in [7, 11) is 0. The van der Waals surface area contributed by atoms with Gasteiger partial charge in [0.25, 0.3) is 5.82 Å². The van der Waals surface area contributed by atoms with Crippen LogP contribution < -0.4 is 0 Å². The third-order valence-corrected chi connectivity index (χ3v) is 3.75. The molecule has 0 saturated carbocycles. The van der Waals surface area contributed by atoms with Crippen LogP contribution in [0.1, 0.15) is 10.6 Å². The van der Waals surface area contributed by atoms with E-state index in [1.165, 1.54) is 4.68 Å². The van der Waals surface area contributed by atoms with Crippen LogP contribution in [0, 0.1) is 0 Å². The molecule has 0 aliphatic heterocycles. The molecule has 3 rings (SSSR count). The van der Waals surface area contributed by atoms with E-state index in [9.17, 15) is 4.79 Å². The van der Waals surface area contributed by atoms with Crippen LogP contribution >= 0.6 is 27.5 Å². The number of hydrogen-bond acceptors (Lipinski definition) is 3. The second-order valence-electron chi connectivity index (χ2n) is 4.46. The van der Waals surface area contributed by atoms with Crippen molar-refractivity contribution < 1.29 is 9.90 Å². The minimum absolute atomic E-state index is 0.257. The van der Waals surface area contributed by atoms with Crippen molar-refractivity contribution >= 4 is 33.5 Å². The summed E-state index contributed by atoms with van der Waals surface area (Å²) in [4.78, 5) is 15.3. The monoisotopic (exact) mass is 377 g/mol. The van der Waals surface area contributed by atoms with Crippen LogP contribution in [0.3, 0.4) is 0 Å². The number of aromatic carboxylic acids is 1. The molecule has 0 aliphatic rings. The van der Waals surface area contributed by atoms with Crippen molar-refractivity contribution in [2.24, 2.45) is 0 Å². The first-order chi connectivity index (χ1) is 10.5. The summed E-state index contributed by atoms with van der Waals surface area (Å²) >= 11 is 9.25. The van der Waals surface area contributed by atoms with Gasteiger partial charge in [0, 0.05) is 15.1 Å². The molecule has 7 heteroatoms. The van der Waals surface area contributed by atoms with Gasteiger partial charge < -0.3 is 5.11 Å². The second kappa shape index (κ2) is 5.90. The molecular weight excluding hydrogens is 370 g/mol. The second-order valence-corrected chi connectivity index (χ2v) is 5.81. The van der Waals surface area contributed by atoms with Gasteiger partial charge in [0.1, 0.15) is 0 Å². The third-order valence-electron chi connectivity index (χ3n) is 2.97. The highest BCUT2D eigenvalue weighted by atomic mass is 79.9. The van der Waals surface area contributed by atoms with E-state index in [2.05, 4.69) is 26.0 Å². The highest BCUT2D eigenvalue weighted by Gasteiger charge is 2.17. The summed E-state index contributed by atoms with van der Waals surface area (Å²) < 4.78 is 2.41. The molecule has 110 valence electrons. The number of nitrogens with zero attached hydrogens (tertiary/aromatic N) is 3. The average molecular weight is 379 g/mol. The Hall–Kier alpha value is -2.18. The van der Waals surface area contributed by atoms with Crippen LogP contribution in [0.15, 0.2) is 53.0 Å². The Balaban J connectivity index is 2.17. The SMILES string of the molecule is O=C(O)c1nc(-c2ccc(Br)cc2)n(-c2ccc(Cl)cc2)n1. The van der Waals surface area contributed by atoms with Crippen molar-refractivity contribution in [2.45, 2.75) is 0 Å². The molecule has 1 N–H and O–H groups in total. The van der Waals surface area contributed by atoms with E-state index < -0.39 is 5.97 Å². The van der Waals surface area contributed by atoms with E-state index in [-0.39, 0.29) is 5.82 Å². The predicted molar refractivity (Wildman–Crippen MR) is 86.5 cm³/mol. The van der Waals surface area contributed by atoms with Crippen LogP contribution in [0.25, 0.3) is 17.1 Å². The van der Waals surface area contributed by atoms with Gasteiger partial charge in [-0.05, 0) is 36.4 Å². The standard InChI is InChI=1S/C15H9BrClN3O2/c16-10-3-1-9(2-4-10)14-18-13(15(21)22)19-20(14)12-7-5-11(17)6-8-12/h1-8H,(H,21,22). The molecule has 2 aromatic carbocycles. The van der Waals surface area contributed by atoms with Gasteiger partial charge in [0.15, 0.2) is 5.82 Å². The first-order valence-corrected chi connectivity index (χ1v) is 7.44. The first-order valence-electron chi connectivity index (χ1n) is 6.27. The summed E-state index contributed by atoms with van der Waals surface area (Å²) in [6.45, 7) is 0. The molecule has 0 radical (unpaired) electrons. The molecule has 0 amide bonds. The lowest BCUT2D eigenvalue weighted by Gasteiger charge is -2.06. The van der Waals surface area contributed by atoms with Crippen molar-refractivity contribution in [3.63, 3.8) is 0 Å². The van der Waals surface area contributed by atoms with Crippen molar-refractivity contribution in [3.8, 4) is 17.1 Å². The van der Waals surface area contributed by atoms with Crippen LogP contribution in [0.4, 0.5) is 0 Å². The van der Waals surface area contributed by atoms with Gasteiger partial charge in [-0.3, -0.25) is 0 Å². The molecule has 0 atom stereocenters. The maximum atomic E-state index is 11.2. The van der Waals surface area contributed by atoms with E-state index in [0.717, 1.165) is 10.0 Å². The summed E-state index contributed by atoms with van der Waals surface area (Å²) in [6, 6.07) is 14.3. The van der Waals surface area contributed by atoms with Gasteiger partial charge in [0.05, 0.1) is 5.69 Å². The zero-order valence-corrected chi connectivity index (χ0v) is 13.4. The molecule has 0 aliphatic carbocycles. The Morgan fingerprint density at radius 2 is 1.73 bits per heavy atom. The van der Waals surface area contributed by atoms with Crippen LogP contribution in [0.2, 0.25) is 5.02 Å². The molecule has 0 bridgehead atoms. The molecule has 3 aromatic rings. The summed E-state index contributed by atoms with van der Waals surface area (Å²) in [5.41, 5.74) is 1.44. The highest BCUT2D eigenvalue weighted by molar-refractivity contribution is 9.10. The van der Waals surface area contributed by atoms with Crippen LogP contribution in [-0.2, 0) is 0 Å². The topological polar surface area (TPSA) is 68.0 Å². The van der Waals surface area contributed by atoms with Gasteiger partial charge in [-0.1, -0.05) is 39.7 Å². The Kier molecular flexibility index (Phi) is 3.96. The largest absolute Gasteiger partial charge is 0.475 e. The molecule has 1 heterocycles. The highest BCUT2D eigenvalue weighted by Crippen LogP contribution is 2.24. The molecule has 0 saturated heterocycles. The van der Waals surface area contributed by atoms with Crippen molar-refractivity contribution in [2.75, 3.05) is 0 Å². The molecule has 5 nitrogen and oxygen atoms in total. The molecule has 22 heavy (non-hydrogen) atoms. The van der Waals surface area contributed by atoms with Crippen molar-refractivity contribution in [1.82, 2.24) is 14.8 Å². The van der Waals surface area contributed by atoms with E-state index in [0.29, 0.717) is 16.5 Å². The van der Waals surface area contributed by atoms with E-state index in [1.54, 1.807) is 24.3 Å². The lowest BCUT2D eigenvalue weighted by Crippen LogP contribution is -2.02. The minimum Gasteiger partial charge on any atom is -0.475 e. The first kappa shape index (κ1) is 14.7. The summed E-state index contributed by atoms with van der Waals surface area (Å²) in [5.74, 6) is -0.980. The van der Waals surface area contributed by atoms with Crippen molar-refractivity contribution in [3.05, 3.63) is 63.9 Å². The quantitative estimate of drug-likeness (QED) is 0.746. The molecule has 0 spiro atoms. The third kappa shape index (κ3) is 2.88. The maximum Gasteiger partial charge on any atom is 0.375 e. The minimum atomic E-state index is -1.17. The molecule has 1 aromatic heterocycles. The maximum absolute atomic E-state index is 11.2. The fourth-order valence-corrected chi connectivity index (χ4v) is 2.34. The van der Waals surface area contributed by atoms with Crippen LogP contribution in [0.5, 0.6) is 0 Å². The summed E-state index contributed by atoms with van der Waals surface area (Å²) in [5, 5.41) is 13.8. The molecule has 0 unspecified atom stereocenters. The number of rotatable bonds is 3. The fourth-order valence-electron chi connectivity index (χ4n) is 1.95. The number of carboxylic acids is 1. The average Bonchev–Trinajstić information content (AvgIpc) is 2.94.